The van der Waals surface area contributed by atoms with Gasteiger partial charge in [-0.25, -0.2) is 4.57 Å². The molecule has 12 heteroatoms. The Morgan fingerprint density at radius 2 is 0.730 bits per heavy atom. The van der Waals surface area contributed by atoms with E-state index in [9.17, 15) is 28.9 Å². The molecule has 0 saturated carbocycles. The number of esters is 3. The van der Waals surface area contributed by atoms with E-state index in [2.05, 4.69) is 106 Å². The Labute approximate surface area is 451 Å². The molecule has 0 aromatic rings. The summed E-state index contributed by atoms with van der Waals surface area (Å²) in [6, 6.07) is 0. The molecule has 424 valence electrons. The van der Waals surface area contributed by atoms with Gasteiger partial charge in [-0.3, -0.25) is 23.4 Å². The molecule has 0 heterocycles. The van der Waals surface area contributed by atoms with Crippen molar-refractivity contribution in [2.75, 3.05) is 26.4 Å². The smallest absolute Gasteiger partial charge is 0.462 e. The number of hydrogen-bond acceptors (Lipinski definition) is 10. The molecule has 0 aromatic carbocycles. The summed E-state index contributed by atoms with van der Waals surface area (Å²) in [6.07, 6.45) is 65.3. The fourth-order valence-electron chi connectivity index (χ4n) is 7.61. The van der Waals surface area contributed by atoms with Crippen LogP contribution >= 0.6 is 7.82 Å². The van der Waals surface area contributed by atoms with Gasteiger partial charge in [0.15, 0.2) is 6.10 Å². The first-order valence-corrected chi connectivity index (χ1v) is 30.6. The normalized spacial score (nSPS) is 14.1. The van der Waals surface area contributed by atoms with Crippen molar-refractivity contribution in [1.29, 1.82) is 0 Å². The number of unbranched alkanes of at least 4 members (excludes halogenated alkanes) is 20. The number of allylic oxidation sites excluding steroid dienone is 16. The van der Waals surface area contributed by atoms with E-state index in [4.69, 9.17) is 23.3 Å². The number of phosphoric acid groups is 1. The number of rotatable bonds is 53. The molecule has 74 heavy (non-hydrogen) atoms. The summed E-state index contributed by atoms with van der Waals surface area (Å²) >= 11 is 0. The Morgan fingerprint density at radius 1 is 0.392 bits per heavy atom. The number of aliphatic hydroxyl groups excluding tert-OH is 1. The van der Waals surface area contributed by atoms with Gasteiger partial charge in [0.2, 0.25) is 0 Å². The zero-order valence-corrected chi connectivity index (χ0v) is 47.7. The predicted molar refractivity (Wildman–Crippen MR) is 307 cm³/mol. The van der Waals surface area contributed by atoms with Crippen LogP contribution in [0.5, 0.6) is 0 Å². The van der Waals surface area contributed by atoms with E-state index in [0.717, 1.165) is 109 Å². The van der Waals surface area contributed by atoms with Crippen LogP contribution in [0.1, 0.15) is 239 Å². The average Bonchev–Trinajstić information content (AvgIpc) is 3.39. The molecule has 0 radical (unpaired) electrons. The molecular weight excluding hydrogens is 952 g/mol. The minimum atomic E-state index is -4.77. The lowest BCUT2D eigenvalue weighted by Crippen LogP contribution is -2.30. The first kappa shape index (κ1) is 70.4. The van der Waals surface area contributed by atoms with Crippen LogP contribution in [0.25, 0.3) is 0 Å². The first-order valence-electron chi connectivity index (χ1n) is 29.1. The lowest BCUT2D eigenvalue weighted by molar-refractivity contribution is -0.161. The van der Waals surface area contributed by atoms with Crippen molar-refractivity contribution in [2.24, 2.45) is 0 Å². The van der Waals surface area contributed by atoms with Crippen LogP contribution < -0.4 is 0 Å². The van der Waals surface area contributed by atoms with E-state index >= 15 is 0 Å². The maximum absolute atomic E-state index is 12.9. The Hall–Kier alpha value is -3.60. The van der Waals surface area contributed by atoms with Gasteiger partial charge in [0.1, 0.15) is 12.7 Å². The molecule has 0 aliphatic carbocycles. The maximum Gasteiger partial charge on any atom is 0.472 e. The highest BCUT2D eigenvalue weighted by Gasteiger charge is 2.28. The standard InChI is InChI=1S/C62H105O11P/c1-4-7-10-13-16-19-22-25-27-29-31-34-36-39-42-45-48-51-60(64)69-55-59(73-62(66)53-50-47-44-41-38-35-32-30-28-26-23-20-17-14-11-8-5-2)57-71-74(67,68)70-56-58(54-63)72-61(65)52-49-46-43-40-37-33-24-21-18-15-12-9-6-3/h8-9,11-12,17-18,20-21,25-28,33,37,43,46,58-59,63H,4-7,10,13-16,19,22-24,29-32,34-36,38-42,44-45,47-57H2,1-3H3,(H,67,68)/b11-8-,12-9-,20-17-,21-18-,27-25-,28-26-,37-33-,46-43-. The Morgan fingerprint density at radius 3 is 1.18 bits per heavy atom. The second-order valence-electron chi connectivity index (χ2n) is 19.0. The summed E-state index contributed by atoms with van der Waals surface area (Å²) < 4.78 is 39.4. The van der Waals surface area contributed by atoms with E-state index in [1.54, 1.807) is 0 Å². The van der Waals surface area contributed by atoms with Crippen LogP contribution in [0.3, 0.4) is 0 Å². The first-order chi connectivity index (χ1) is 36.2. The Bertz CT molecular complexity index is 1610. The summed E-state index contributed by atoms with van der Waals surface area (Å²) in [5.41, 5.74) is 0. The fraction of sp³-hybridized carbons (Fsp3) is 0.694. The molecule has 0 fully saturated rings. The molecule has 0 bridgehead atoms. The van der Waals surface area contributed by atoms with Crippen LogP contribution in [0.15, 0.2) is 97.2 Å². The predicted octanol–water partition coefficient (Wildman–Crippen LogP) is 17.3. The molecule has 2 N–H and O–H groups in total. The molecule has 0 aromatic heterocycles. The molecule has 0 amide bonds. The van der Waals surface area contributed by atoms with Crippen molar-refractivity contribution in [2.45, 2.75) is 251 Å². The van der Waals surface area contributed by atoms with Crippen LogP contribution in [-0.2, 0) is 42.2 Å². The van der Waals surface area contributed by atoms with E-state index in [1.165, 1.54) is 70.6 Å². The largest absolute Gasteiger partial charge is 0.472 e. The molecule has 0 aliphatic heterocycles. The van der Waals surface area contributed by atoms with Crippen molar-refractivity contribution in [1.82, 2.24) is 0 Å². The van der Waals surface area contributed by atoms with Gasteiger partial charge in [0.05, 0.1) is 19.8 Å². The fourth-order valence-corrected chi connectivity index (χ4v) is 8.40. The van der Waals surface area contributed by atoms with Crippen molar-refractivity contribution < 1.29 is 52.2 Å². The summed E-state index contributed by atoms with van der Waals surface area (Å²) in [7, 11) is -4.77. The minimum Gasteiger partial charge on any atom is -0.462 e. The zero-order chi connectivity index (χ0) is 54.1. The molecule has 0 spiro atoms. The Balaban J connectivity index is 4.80. The van der Waals surface area contributed by atoms with Gasteiger partial charge in [-0.1, -0.05) is 214 Å². The highest BCUT2D eigenvalue weighted by molar-refractivity contribution is 7.47. The van der Waals surface area contributed by atoms with Crippen molar-refractivity contribution >= 4 is 25.7 Å². The number of carbonyl (C=O) groups is 3. The summed E-state index contributed by atoms with van der Waals surface area (Å²) in [5, 5.41) is 9.79. The number of ether oxygens (including phenoxy) is 3. The SMILES string of the molecule is CC/C=C\C/C=C\C/C=C\C/C=C\CCC(=O)OC(CO)COP(=O)(O)OCC(COC(=O)CCCCCCCCC/C=C\CCCCCCCC)OC(=O)CCCCCCCCC/C=C\C/C=C\C/C=C\CC. The molecule has 3 atom stereocenters. The zero-order valence-electron chi connectivity index (χ0n) is 46.8. The van der Waals surface area contributed by atoms with Gasteiger partial charge >= 0.3 is 25.7 Å². The number of phosphoric ester groups is 1. The third-order valence-corrected chi connectivity index (χ3v) is 12.9. The third kappa shape index (κ3) is 53.2. The molecule has 11 nitrogen and oxygen atoms in total. The van der Waals surface area contributed by atoms with Gasteiger partial charge in [-0.15, -0.1) is 0 Å². The van der Waals surface area contributed by atoms with Gasteiger partial charge in [-0.2, -0.15) is 0 Å². The van der Waals surface area contributed by atoms with E-state index < -0.39 is 57.8 Å². The third-order valence-electron chi connectivity index (χ3n) is 12.0. The second-order valence-corrected chi connectivity index (χ2v) is 20.5. The van der Waals surface area contributed by atoms with Crippen LogP contribution in [0.2, 0.25) is 0 Å². The number of aliphatic hydroxyl groups is 1. The highest BCUT2D eigenvalue weighted by atomic mass is 31.2. The van der Waals surface area contributed by atoms with Gasteiger partial charge < -0.3 is 24.2 Å². The van der Waals surface area contributed by atoms with Crippen LogP contribution in [-0.4, -0.2) is 66.5 Å². The summed E-state index contributed by atoms with van der Waals surface area (Å²) in [5.74, 6) is -1.57. The molecule has 3 unspecified atom stereocenters. The van der Waals surface area contributed by atoms with Crippen molar-refractivity contribution in [3.63, 3.8) is 0 Å². The monoisotopic (exact) mass is 1060 g/mol. The van der Waals surface area contributed by atoms with Crippen LogP contribution in [0.4, 0.5) is 0 Å². The topological polar surface area (TPSA) is 155 Å². The summed E-state index contributed by atoms with van der Waals surface area (Å²) in [4.78, 5) is 48.5. The van der Waals surface area contributed by atoms with Gasteiger partial charge in [-0.05, 0) is 103 Å². The highest BCUT2D eigenvalue weighted by Crippen LogP contribution is 2.43. The molecule has 0 rings (SSSR count). The van der Waals surface area contributed by atoms with E-state index in [0.29, 0.717) is 19.3 Å². The molecule has 0 aliphatic rings. The van der Waals surface area contributed by atoms with Gasteiger partial charge in [0, 0.05) is 19.3 Å². The van der Waals surface area contributed by atoms with Crippen molar-refractivity contribution in [3.05, 3.63) is 97.2 Å². The lowest BCUT2D eigenvalue weighted by atomic mass is 10.1. The van der Waals surface area contributed by atoms with Gasteiger partial charge in [0.25, 0.3) is 0 Å². The molecule has 0 saturated heterocycles. The van der Waals surface area contributed by atoms with Crippen molar-refractivity contribution in [3.8, 4) is 0 Å². The van der Waals surface area contributed by atoms with E-state index in [-0.39, 0.29) is 25.9 Å². The summed E-state index contributed by atoms with van der Waals surface area (Å²) in [6.45, 7) is 4.32. The molecular formula is C62H105O11P. The number of hydrogen-bond donors (Lipinski definition) is 2. The minimum absolute atomic E-state index is 0.0517. The van der Waals surface area contributed by atoms with E-state index in [1.807, 2.05) is 12.2 Å². The second kappa shape index (κ2) is 55.6. The quantitative estimate of drug-likeness (QED) is 0.0197. The average molecular weight is 1060 g/mol. The number of carbonyl (C=O) groups excluding carboxylic acids is 3. The lowest BCUT2D eigenvalue weighted by Gasteiger charge is -2.21. The maximum atomic E-state index is 12.9. The Kier molecular flexibility index (Phi) is 52.9. The van der Waals surface area contributed by atoms with Crippen LogP contribution in [0, 0.1) is 0 Å².